The van der Waals surface area contributed by atoms with E-state index in [0.29, 0.717) is 18.4 Å². The van der Waals surface area contributed by atoms with Crippen LogP contribution in [-0.4, -0.2) is 52.3 Å². The Morgan fingerprint density at radius 3 is 1.29 bits per heavy atom. The van der Waals surface area contributed by atoms with Gasteiger partial charge in [0.15, 0.2) is 0 Å². The maximum Gasteiger partial charge on any atom is 1.00 e. The van der Waals surface area contributed by atoms with Gasteiger partial charge in [-0.3, -0.25) is 0 Å². The summed E-state index contributed by atoms with van der Waals surface area (Å²) in [7, 11) is -5.14. The summed E-state index contributed by atoms with van der Waals surface area (Å²) in [6.45, 7) is 35.5. The van der Waals surface area contributed by atoms with Crippen LogP contribution in [-0.2, 0) is 26.9 Å². The molecule has 2 rings (SSSR count). The fraction of sp³-hybridized carbons (Fsp3) is 0.704. The maximum absolute atomic E-state index is 8.69. The smallest absolute Gasteiger partial charge is 0.878 e. The maximum atomic E-state index is 8.69. The molecule has 0 radical (unpaired) electrons. The third-order valence-corrected chi connectivity index (χ3v) is 12.3. The van der Waals surface area contributed by atoms with Crippen molar-refractivity contribution in [1.29, 1.82) is 0 Å². The van der Waals surface area contributed by atoms with Crippen LogP contribution in [0.1, 0.15) is 76.7 Å². The molecule has 38 heavy (non-hydrogen) atoms. The van der Waals surface area contributed by atoms with Crippen molar-refractivity contribution in [3.8, 4) is 0 Å². The Labute approximate surface area is 253 Å². The van der Waals surface area contributed by atoms with Gasteiger partial charge in [-0.25, -0.2) is 0 Å². The zero-order chi connectivity index (χ0) is 28.9. The van der Waals surface area contributed by atoms with Crippen molar-refractivity contribution in [3.63, 3.8) is 0 Å². The van der Waals surface area contributed by atoms with Gasteiger partial charge in [0, 0.05) is 25.3 Å². The van der Waals surface area contributed by atoms with Gasteiger partial charge in [0.25, 0.3) is 0 Å². The van der Waals surface area contributed by atoms with Gasteiger partial charge in [0.2, 0.25) is 0 Å². The van der Waals surface area contributed by atoms with Gasteiger partial charge in [-0.15, -0.1) is 19.7 Å². The molecule has 2 heterocycles. The van der Waals surface area contributed by atoms with E-state index >= 15 is 0 Å². The molecule has 0 N–H and O–H groups in total. The van der Waals surface area contributed by atoms with E-state index in [1.54, 1.807) is 12.2 Å². The predicted molar refractivity (Wildman–Crippen MR) is 158 cm³/mol. The molecule has 2 fully saturated rings. The molecule has 2 saturated heterocycles. The van der Waals surface area contributed by atoms with Crippen LogP contribution >= 0.6 is 11.1 Å². The van der Waals surface area contributed by atoms with Crippen LogP contribution in [0.25, 0.3) is 0 Å². The fourth-order valence-electron chi connectivity index (χ4n) is 3.02. The van der Waals surface area contributed by atoms with Gasteiger partial charge in [-0.05, 0) is 69.2 Å². The van der Waals surface area contributed by atoms with E-state index in [-0.39, 0.29) is 48.7 Å². The molecular weight excluding hydrogens is 535 g/mol. The van der Waals surface area contributed by atoms with Crippen LogP contribution in [0.15, 0.2) is 51.0 Å². The summed E-state index contributed by atoms with van der Waals surface area (Å²) >= 11 is 6.26. The molecule has 2 aliphatic heterocycles. The van der Waals surface area contributed by atoms with E-state index in [9.17, 15) is 0 Å². The van der Waals surface area contributed by atoms with Gasteiger partial charge in [0.1, 0.15) is 0 Å². The standard InChI is InChI=1S/C11H20O3Si.C9H17ClO2Si.C4H10O.C2H4O.CH4.Li/c1-7-9-15(12-8-2)13-10(3,4)11(5,6)14-15;1-6-7-13(10)11-8(2,3)9(4,5)12-13;1-3-5-4-2;1-2-3;;/h7-8H,1-2,9H2,3-6H3;6H,1,7H2,2-5H3;3-4H2,1-2H3;2-3H,1H2;1H4;/q;;;;;+1/p-1. The largest absolute Gasteiger partial charge is 1.00 e. The second kappa shape index (κ2) is 18.9. The number of ether oxygens (including phenoxy) is 1. The Kier molecular flexibility index (Phi) is 22.3. The molecule has 2 aliphatic rings. The van der Waals surface area contributed by atoms with Gasteiger partial charge >= 0.3 is 35.5 Å². The van der Waals surface area contributed by atoms with Crippen molar-refractivity contribution < 1.29 is 50.8 Å². The Balaban J connectivity index is -0.000000230. The van der Waals surface area contributed by atoms with Gasteiger partial charge in [-0.1, -0.05) is 37.2 Å². The molecule has 0 spiro atoms. The van der Waals surface area contributed by atoms with Crippen LogP contribution in [0.2, 0.25) is 12.1 Å². The summed E-state index contributed by atoms with van der Waals surface area (Å²) in [5.41, 5.74) is -1.34. The molecule has 0 amide bonds. The topological polar surface area (TPSA) is 78.4 Å². The van der Waals surface area contributed by atoms with Crippen molar-refractivity contribution in [3.05, 3.63) is 51.0 Å². The molecule has 0 unspecified atom stereocenters. The Bertz CT molecular complexity index is 655. The summed E-state index contributed by atoms with van der Waals surface area (Å²) < 4.78 is 33.9. The van der Waals surface area contributed by atoms with E-state index in [4.69, 9.17) is 43.1 Å². The average molecular weight is 589 g/mol. The zero-order valence-electron chi connectivity index (χ0n) is 25.2. The number of allylic oxidation sites excluding steroid dienone is 2. The molecule has 0 aromatic carbocycles. The quantitative estimate of drug-likeness (QED) is 0.183. The van der Waals surface area contributed by atoms with E-state index in [2.05, 4.69) is 26.3 Å². The molecule has 220 valence electrons. The van der Waals surface area contributed by atoms with Crippen LogP contribution < -0.4 is 24.0 Å². The predicted octanol–water partition coefficient (Wildman–Crippen LogP) is 4.00. The van der Waals surface area contributed by atoms with Crippen LogP contribution in [0.3, 0.4) is 0 Å². The van der Waals surface area contributed by atoms with E-state index < -0.39 is 16.7 Å². The fourth-order valence-corrected chi connectivity index (χ4v) is 10.1. The molecule has 0 bridgehead atoms. The third kappa shape index (κ3) is 13.8. The summed E-state index contributed by atoms with van der Waals surface area (Å²) in [6, 6.07) is 1.23. The summed E-state index contributed by atoms with van der Waals surface area (Å²) in [5.74, 6) is 0. The second-order valence-electron chi connectivity index (χ2n) is 10.0. The van der Waals surface area contributed by atoms with Gasteiger partial charge < -0.3 is 32.0 Å². The number of hydrogen-bond donors (Lipinski definition) is 0. The minimum absolute atomic E-state index is 0. The van der Waals surface area contributed by atoms with Crippen LogP contribution in [0.5, 0.6) is 0 Å². The van der Waals surface area contributed by atoms with Crippen molar-refractivity contribution in [2.45, 2.75) is 111 Å². The van der Waals surface area contributed by atoms with Crippen molar-refractivity contribution in [2.24, 2.45) is 0 Å². The Hall–Kier alpha value is -0.319. The normalized spacial score (nSPS) is 21.4. The minimum Gasteiger partial charge on any atom is -0.878 e. The molecule has 0 aromatic heterocycles. The van der Waals surface area contributed by atoms with E-state index in [0.717, 1.165) is 13.2 Å². The molecule has 0 saturated carbocycles. The Morgan fingerprint density at radius 2 is 1.05 bits per heavy atom. The van der Waals surface area contributed by atoms with Crippen molar-refractivity contribution in [2.75, 3.05) is 13.2 Å². The molecule has 7 nitrogen and oxygen atoms in total. The number of halogens is 1. The molecular formula is C27H54ClLiO7Si2. The first-order valence-corrected chi connectivity index (χ1v) is 17.1. The first-order valence-electron chi connectivity index (χ1n) is 12.1. The molecule has 0 aliphatic carbocycles. The first kappa shape index (κ1) is 44.7. The van der Waals surface area contributed by atoms with Crippen LogP contribution in [0.4, 0.5) is 0 Å². The minimum atomic E-state index is -2.64. The third-order valence-electron chi connectivity index (χ3n) is 5.99. The average Bonchev–Trinajstić information content (AvgIpc) is 2.97. The van der Waals surface area contributed by atoms with Crippen molar-refractivity contribution in [1.82, 2.24) is 0 Å². The summed E-state index contributed by atoms with van der Waals surface area (Å²) in [4.78, 5) is 0. The van der Waals surface area contributed by atoms with Gasteiger partial charge in [-0.2, -0.15) is 6.26 Å². The monoisotopic (exact) mass is 588 g/mol. The van der Waals surface area contributed by atoms with Crippen LogP contribution in [0, 0.1) is 0 Å². The summed E-state index contributed by atoms with van der Waals surface area (Å²) in [5, 5.41) is 8.69. The molecule has 0 aromatic rings. The second-order valence-corrected chi connectivity index (χ2v) is 16.3. The molecule has 11 heteroatoms. The van der Waals surface area contributed by atoms with E-state index in [1.807, 2.05) is 69.2 Å². The SMILES string of the molecule is C.C=CC[Si]1(Cl)OC(C)(C)C(C)(C)O1.C=CC[Si]1(OC=C)OC(C)(C)C(C)(C)O1.C=C[O-].CCOCC.[Li+]. The van der Waals surface area contributed by atoms with Gasteiger partial charge in [0.05, 0.1) is 28.7 Å². The number of hydrogen-bond acceptors (Lipinski definition) is 7. The van der Waals surface area contributed by atoms with Crippen molar-refractivity contribution >= 4 is 27.8 Å². The summed E-state index contributed by atoms with van der Waals surface area (Å²) in [6.07, 6.45) is 5.43. The van der Waals surface area contributed by atoms with E-state index in [1.165, 1.54) is 6.26 Å². The number of rotatable bonds is 8. The first-order chi connectivity index (χ1) is 16.3. The Morgan fingerprint density at radius 1 is 0.737 bits per heavy atom. The zero-order valence-corrected chi connectivity index (χ0v) is 28.0. The molecule has 0 atom stereocenters.